The first-order valence-corrected chi connectivity index (χ1v) is 12.0. The number of ether oxygens (including phenoxy) is 2. The van der Waals surface area contributed by atoms with Crippen LogP contribution in [0.3, 0.4) is 0 Å². The van der Waals surface area contributed by atoms with Gasteiger partial charge < -0.3 is 45.1 Å². The second kappa shape index (κ2) is 5.85. The molecule has 1 aromatic heterocycles. The number of aromatic amines is 1. The van der Waals surface area contributed by atoms with Gasteiger partial charge in [-0.15, -0.1) is 0 Å². The lowest BCUT2D eigenvalue weighted by atomic mass is 9.52. The van der Waals surface area contributed by atoms with Crippen molar-refractivity contribution >= 4 is 5.97 Å². The highest BCUT2D eigenvalue weighted by Crippen LogP contribution is 2.90. The molecule has 10 atom stereocenters. The van der Waals surface area contributed by atoms with Crippen molar-refractivity contribution in [3.05, 3.63) is 36.2 Å². The monoisotopic (exact) mass is 491 g/mol. The van der Waals surface area contributed by atoms with E-state index in [2.05, 4.69) is 11.6 Å². The van der Waals surface area contributed by atoms with E-state index in [4.69, 9.17) is 9.47 Å². The molecule has 35 heavy (non-hydrogen) atoms. The van der Waals surface area contributed by atoms with Crippen LogP contribution in [-0.2, 0) is 9.47 Å². The molecule has 10 heteroatoms. The molecular weight excluding hydrogens is 458 g/mol. The summed E-state index contributed by atoms with van der Waals surface area (Å²) in [6, 6.07) is 3.04. The van der Waals surface area contributed by atoms with Crippen LogP contribution in [0.1, 0.15) is 57.4 Å². The lowest BCUT2D eigenvalue weighted by molar-refractivity contribution is -0.383. The van der Waals surface area contributed by atoms with Gasteiger partial charge in [0.2, 0.25) is 0 Å². The molecule has 7 rings (SSSR count). The maximum absolute atomic E-state index is 13.2. The first-order valence-electron chi connectivity index (χ1n) is 12.0. The maximum atomic E-state index is 13.2. The SMILES string of the molecule is C=C1CC[C@@]2(O)C3(O[C@]4(O)C[C@]2(C)[C@]2(O)[C@H](OC(=O)c5ccc[nH]5)[C@](O)(C(C)C)[C@]4(C)[C@]32O)[C@@H]1O. The zero-order chi connectivity index (χ0) is 25.8. The molecule has 4 aliphatic carbocycles. The quantitative estimate of drug-likeness (QED) is 0.222. The highest BCUT2D eigenvalue weighted by Gasteiger charge is 3.10. The van der Waals surface area contributed by atoms with Crippen LogP contribution in [0.4, 0.5) is 0 Å². The van der Waals surface area contributed by atoms with E-state index >= 15 is 0 Å². The predicted octanol–water partition coefficient (Wildman–Crippen LogP) is -0.268. The van der Waals surface area contributed by atoms with Crippen LogP contribution >= 0.6 is 0 Å². The third-order valence-corrected chi connectivity index (χ3v) is 11.0. The Balaban J connectivity index is 1.70. The smallest absolute Gasteiger partial charge is 0.355 e. The van der Waals surface area contributed by atoms with Gasteiger partial charge in [0.25, 0.3) is 0 Å². The Morgan fingerprint density at radius 3 is 2.46 bits per heavy atom. The molecule has 6 bridgehead atoms. The lowest BCUT2D eigenvalue weighted by Gasteiger charge is -2.60. The summed E-state index contributed by atoms with van der Waals surface area (Å²) in [6.45, 7) is 9.96. The molecule has 1 spiro atoms. The maximum Gasteiger partial charge on any atom is 0.355 e. The summed E-state index contributed by atoms with van der Waals surface area (Å²) in [5, 5.41) is 73.7. The van der Waals surface area contributed by atoms with Gasteiger partial charge in [0.15, 0.2) is 17.5 Å². The number of aromatic nitrogens is 1. The van der Waals surface area contributed by atoms with Crippen LogP contribution < -0.4 is 0 Å². The van der Waals surface area contributed by atoms with Crippen LogP contribution in [0.25, 0.3) is 0 Å². The number of H-pyrrole nitrogens is 1. The number of hydrogen-bond donors (Lipinski definition) is 7. The van der Waals surface area contributed by atoms with Gasteiger partial charge in [-0.05, 0) is 43.4 Å². The molecule has 6 aliphatic rings. The third kappa shape index (κ3) is 1.71. The van der Waals surface area contributed by atoms with Gasteiger partial charge in [0.05, 0.1) is 5.41 Å². The van der Waals surface area contributed by atoms with Crippen molar-refractivity contribution in [2.75, 3.05) is 0 Å². The molecular formula is C25H33NO9. The molecule has 0 amide bonds. The Labute approximate surface area is 202 Å². The second-order valence-electron chi connectivity index (χ2n) is 12.0. The number of hydrogen-bond acceptors (Lipinski definition) is 9. The average molecular weight is 492 g/mol. The molecule has 4 saturated carbocycles. The normalized spacial score (nSPS) is 57.7. The molecule has 0 radical (unpaired) electrons. The van der Waals surface area contributed by atoms with Crippen molar-refractivity contribution in [2.24, 2.45) is 16.7 Å². The molecule has 10 nitrogen and oxygen atoms in total. The molecule has 0 aromatic carbocycles. The van der Waals surface area contributed by atoms with Crippen molar-refractivity contribution in [3.8, 4) is 0 Å². The number of rotatable bonds is 3. The zero-order valence-electron chi connectivity index (χ0n) is 20.2. The highest BCUT2D eigenvalue weighted by molar-refractivity contribution is 5.87. The molecule has 1 unspecified atom stereocenters. The summed E-state index contributed by atoms with van der Waals surface area (Å²) in [5.74, 6) is -3.97. The van der Waals surface area contributed by atoms with Gasteiger partial charge >= 0.3 is 5.97 Å². The van der Waals surface area contributed by atoms with E-state index < -0.39 is 68.7 Å². The van der Waals surface area contributed by atoms with Crippen molar-refractivity contribution in [1.29, 1.82) is 0 Å². The lowest BCUT2D eigenvalue weighted by Crippen LogP contribution is -2.74. The minimum absolute atomic E-state index is 0.0342. The fourth-order valence-corrected chi connectivity index (χ4v) is 9.29. The Bertz CT molecular complexity index is 1170. The van der Waals surface area contributed by atoms with Gasteiger partial charge in [-0.1, -0.05) is 27.4 Å². The summed E-state index contributed by atoms with van der Waals surface area (Å²) >= 11 is 0. The van der Waals surface area contributed by atoms with Crippen LogP contribution in [0, 0.1) is 16.7 Å². The summed E-state index contributed by atoms with van der Waals surface area (Å²) in [4.78, 5) is 15.9. The Kier molecular flexibility index (Phi) is 3.95. The highest BCUT2D eigenvalue weighted by atomic mass is 16.7. The van der Waals surface area contributed by atoms with Crippen LogP contribution in [0.2, 0.25) is 0 Å². The Hall–Kier alpha value is -1.79. The van der Waals surface area contributed by atoms with Crippen molar-refractivity contribution < 1.29 is 44.9 Å². The van der Waals surface area contributed by atoms with Gasteiger partial charge in [0, 0.05) is 18.0 Å². The van der Waals surface area contributed by atoms with E-state index in [0.717, 1.165) is 0 Å². The fourth-order valence-electron chi connectivity index (χ4n) is 9.29. The van der Waals surface area contributed by atoms with Crippen molar-refractivity contribution in [2.45, 2.75) is 93.0 Å². The largest absolute Gasteiger partial charge is 0.451 e. The first-order chi connectivity index (χ1) is 16.0. The van der Waals surface area contributed by atoms with E-state index in [1.54, 1.807) is 19.9 Å². The Morgan fingerprint density at radius 2 is 1.89 bits per heavy atom. The topological polar surface area (TPSA) is 173 Å². The molecule has 192 valence electrons. The van der Waals surface area contributed by atoms with Gasteiger partial charge in [-0.3, -0.25) is 0 Å². The van der Waals surface area contributed by atoms with Crippen molar-refractivity contribution in [3.63, 3.8) is 0 Å². The van der Waals surface area contributed by atoms with E-state index in [-0.39, 0.29) is 30.5 Å². The van der Waals surface area contributed by atoms with E-state index in [1.807, 2.05) is 0 Å². The second-order valence-corrected chi connectivity index (χ2v) is 12.0. The molecule has 2 aliphatic heterocycles. The van der Waals surface area contributed by atoms with Gasteiger partial charge in [-0.25, -0.2) is 4.79 Å². The van der Waals surface area contributed by atoms with E-state index in [1.165, 1.54) is 26.1 Å². The number of nitrogens with one attached hydrogen (secondary N) is 1. The Morgan fingerprint density at radius 1 is 1.23 bits per heavy atom. The number of carbonyl (C=O) groups excluding carboxylic acids is 1. The molecule has 2 saturated heterocycles. The van der Waals surface area contributed by atoms with E-state index in [9.17, 15) is 35.4 Å². The number of esters is 1. The van der Waals surface area contributed by atoms with Crippen molar-refractivity contribution in [1.82, 2.24) is 4.98 Å². The number of aliphatic hydroxyl groups is 6. The molecule has 3 heterocycles. The van der Waals surface area contributed by atoms with Gasteiger partial charge in [-0.2, -0.15) is 0 Å². The average Bonchev–Trinajstić information content (AvgIpc) is 3.41. The summed E-state index contributed by atoms with van der Waals surface area (Å²) in [5.41, 5.74) is -15.4. The third-order valence-electron chi connectivity index (χ3n) is 11.0. The number of carbonyl (C=O) groups is 1. The molecule has 1 aromatic rings. The minimum Gasteiger partial charge on any atom is -0.451 e. The minimum atomic E-state index is -2.65. The zero-order valence-corrected chi connectivity index (χ0v) is 20.2. The predicted molar refractivity (Wildman–Crippen MR) is 119 cm³/mol. The van der Waals surface area contributed by atoms with Crippen LogP contribution in [-0.4, -0.2) is 87.6 Å². The summed E-state index contributed by atoms with van der Waals surface area (Å²) in [7, 11) is 0. The van der Waals surface area contributed by atoms with Crippen LogP contribution in [0.5, 0.6) is 0 Å². The number of aliphatic hydroxyl groups excluding tert-OH is 1. The standard InChI is InChI=1S/C25H33NO9/c1-12(2)22(31)17(34-16(28)14-7-6-10-26-14)23(32)18(4)11-21(30)19(22,5)25(23,33)24(35-21)15(27)13(3)8-9-20(18,24)29/h6-7,10,12,15,17,26-27,29-33H,3,8-9,11H2,1-2,4-5H3/t15-,17-,18+,19-,20+,21-,22-,23-,24?,25-/m1/s1. The van der Waals surface area contributed by atoms with E-state index in [0.29, 0.717) is 0 Å². The fraction of sp³-hybridized carbons (Fsp3) is 0.720. The van der Waals surface area contributed by atoms with Gasteiger partial charge in [0.1, 0.15) is 34.2 Å². The first kappa shape index (κ1) is 23.6. The van der Waals surface area contributed by atoms with Crippen LogP contribution in [0.15, 0.2) is 30.5 Å². The summed E-state index contributed by atoms with van der Waals surface area (Å²) < 4.78 is 12.0. The molecule has 7 N–H and O–H groups in total. The summed E-state index contributed by atoms with van der Waals surface area (Å²) in [6.07, 6.45) is -2.19. The molecule has 6 fully saturated rings.